The van der Waals surface area contributed by atoms with Crippen LogP contribution in [-0.2, 0) is 19.3 Å². The molecule has 4 nitrogen and oxygen atoms in total. The largest absolute Gasteiger partial charge is 0.499 e. The van der Waals surface area contributed by atoms with Crippen LogP contribution < -0.4 is 14.4 Å². The molecule has 1 unspecified atom stereocenters. The first-order valence-electron chi connectivity index (χ1n) is 12.2. The highest BCUT2D eigenvalue weighted by atomic mass is 19.4. The van der Waals surface area contributed by atoms with Gasteiger partial charge in [0.05, 0.1) is 11.7 Å². The van der Waals surface area contributed by atoms with Crippen molar-refractivity contribution in [2.75, 3.05) is 11.4 Å². The van der Waals surface area contributed by atoms with E-state index in [-0.39, 0.29) is 19.7 Å². The van der Waals surface area contributed by atoms with Crippen LogP contribution in [0.25, 0.3) is 0 Å². The number of hydrogen-bond donors (Lipinski definition) is 1. The second-order valence-corrected chi connectivity index (χ2v) is 9.07. The number of hydrogen-bond acceptors (Lipinski definition) is 4. The van der Waals surface area contributed by atoms with Crippen molar-refractivity contribution in [3.63, 3.8) is 0 Å². The van der Waals surface area contributed by atoms with Crippen LogP contribution >= 0.6 is 0 Å². The lowest BCUT2D eigenvalue weighted by Gasteiger charge is -2.28. The Balaban J connectivity index is 1.81. The van der Waals surface area contributed by atoms with Crippen LogP contribution in [0.3, 0.4) is 0 Å². The Kier molecular flexibility index (Phi) is 9.88. The minimum Gasteiger partial charge on any atom is -0.489 e. The van der Waals surface area contributed by atoms with Crippen molar-refractivity contribution in [2.24, 2.45) is 0 Å². The van der Waals surface area contributed by atoms with Crippen molar-refractivity contribution >= 4 is 5.69 Å². The van der Waals surface area contributed by atoms with Gasteiger partial charge in [0, 0.05) is 24.8 Å². The molecule has 0 radical (unpaired) electrons. The van der Waals surface area contributed by atoms with Crippen LogP contribution in [0.1, 0.15) is 36.5 Å². The molecule has 3 rings (SSSR count). The second kappa shape index (κ2) is 12.8. The molecule has 0 aliphatic carbocycles. The first kappa shape index (κ1) is 31.0. The van der Waals surface area contributed by atoms with Gasteiger partial charge in [-0.15, -0.1) is 0 Å². The number of benzene rings is 3. The van der Waals surface area contributed by atoms with Crippen LogP contribution in [0.4, 0.5) is 40.8 Å². The molecule has 0 saturated heterocycles. The number of aliphatic hydroxyl groups excluding tert-OH is 1. The van der Waals surface area contributed by atoms with E-state index in [0.717, 1.165) is 24.3 Å². The van der Waals surface area contributed by atoms with Gasteiger partial charge in [0.15, 0.2) is 0 Å². The van der Waals surface area contributed by atoms with E-state index >= 15 is 0 Å². The van der Waals surface area contributed by atoms with Gasteiger partial charge in [-0.1, -0.05) is 43.7 Å². The lowest BCUT2D eigenvalue weighted by Crippen LogP contribution is -2.41. The van der Waals surface area contributed by atoms with Crippen molar-refractivity contribution in [1.82, 2.24) is 0 Å². The molecule has 12 heteroatoms. The van der Waals surface area contributed by atoms with Crippen molar-refractivity contribution in [1.29, 1.82) is 0 Å². The van der Waals surface area contributed by atoms with Crippen LogP contribution in [0.5, 0.6) is 11.5 Å². The summed E-state index contributed by atoms with van der Waals surface area (Å²) in [6.07, 6.45) is -15.4. The summed E-state index contributed by atoms with van der Waals surface area (Å²) >= 11 is 0. The molecule has 3 aromatic carbocycles. The van der Waals surface area contributed by atoms with Crippen LogP contribution in [-0.4, -0.2) is 30.0 Å². The van der Waals surface area contributed by atoms with E-state index in [1.54, 1.807) is 29.2 Å². The summed E-state index contributed by atoms with van der Waals surface area (Å²) < 4.78 is 113. The van der Waals surface area contributed by atoms with E-state index in [1.807, 2.05) is 6.92 Å². The van der Waals surface area contributed by atoms with E-state index in [1.165, 1.54) is 24.3 Å². The molecule has 1 N–H and O–H groups in total. The maximum absolute atomic E-state index is 13.4. The quantitative estimate of drug-likeness (QED) is 0.222. The fraction of sp³-hybridized carbons (Fsp3) is 0.357. The minimum absolute atomic E-state index is 0.00659. The Morgan fingerprint density at radius 2 is 1.45 bits per heavy atom. The third-order valence-electron chi connectivity index (χ3n) is 5.74. The predicted octanol–water partition coefficient (Wildman–Crippen LogP) is 7.99. The third kappa shape index (κ3) is 8.73. The summed E-state index contributed by atoms with van der Waals surface area (Å²) in [4.78, 5) is 1.68. The number of ether oxygens (including phenoxy) is 2. The Hall–Kier alpha value is -3.54. The average molecular weight is 578 g/mol. The third-order valence-corrected chi connectivity index (χ3v) is 5.74. The molecule has 0 saturated carbocycles. The lowest BCUT2D eigenvalue weighted by molar-refractivity contribution is -0.360. The van der Waals surface area contributed by atoms with Crippen LogP contribution in [0.15, 0.2) is 72.8 Å². The lowest BCUT2D eigenvalue weighted by atomic mass is 10.1. The molecular formula is C28H27F8NO3. The molecule has 0 amide bonds. The fourth-order valence-electron chi connectivity index (χ4n) is 3.85. The van der Waals surface area contributed by atoms with E-state index < -0.39 is 35.9 Å². The van der Waals surface area contributed by atoms with Gasteiger partial charge in [0.1, 0.15) is 18.1 Å². The molecule has 3 aromatic rings. The highest BCUT2D eigenvalue weighted by Crippen LogP contribution is 2.37. The monoisotopic (exact) mass is 577 g/mol. The van der Waals surface area contributed by atoms with Crippen molar-refractivity contribution < 1.29 is 49.7 Å². The number of rotatable bonds is 12. The Labute approximate surface area is 225 Å². The molecule has 0 aliphatic rings. The summed E-state index contributed by atoms with van der Waals surface area (Å²) in [6, 6.07) is 16.0. The molecule has 0 bridgehead atoms. The fourth-order valence-corrected chi connectivity index (χ4v) is 3.85. The summed E-state index contributed by atoms with van der Waals surface area (Å²) in [7, 11) is 0. The topological polar surface area (TPSA) is 41.9 Å². The zero-order chi connectivity index (χ0) is 29.6. The van der Waals surface area contributed by atoms with Crippen molar-refractivity contribution in [3.8, 4) is 11.5 Å². The molecule has 218 valence electrons. The maximum Gasteiger partial charge on any atom is 0.499 e. The van der Waals surface area contributed by atoms with Crippen molar-refractivity contribution in [2.45, 2.75) is 57.5 Å². The zero-order valence-corrected chi connectivity index (χ0v) is 21.3. The number of alkyl halides is 8. The van der Waals surface area contributed by atoms with Gasteiger partial charge >= 0.3 is 18.5 Å². The Morgan fingerprint density at radius 1 is 0.800 bits per heavy atom. The first-order chi connectivity index (χ1) is 18.7. The molecule has 0 aliphatic heterocycles. The summed E-state index contributed by atoms with van der Waals surface area (Å²) in [5, 5.41) is 10.5. The molecule has 40 heavy (non-hydrogen) atoms. The van der Waals surface area contributed by atoms with E-state index in [2.05, 4.69) is 4.74 Å². The highest BCUT2D eigenvalue weighted by molar-refractivity contribution is 5.51. The molecule has 1 atom stereocenters. The zero-order valence-electron chi connectivity index (χ0n) is 21.3. The normalized spacial score (nSPS) is 13.2. The van der Waals surface area contributed by atoms with E-state index in [4.69, 9.17) is 4.74 Å². The van der Waals surface area contributed by atoms with Crippen LogP contribution in [0.2, 0.25) is 0 Å². The minimum atomic E-state index is -5.90. The second-order valence-electron chi connectivity index (χ2n) is 9.07. The maximum atomic E-state index is 13.4. The first-order valence-corrected chi connectivity index (χ1v) is 12.2. The SMILES string of the molecule is CCCC(O)CN(Cc1cccc(OC(F)(F)C(F)(F)F)c1)c1cccc(OCc2cccc(C(F)(F)F)c2)c1. The van der Waals surface area contributed by atoms with Crippen molar-refractivity contribution in [3.05, 3.63) is 89.5 Å². The number of aliphatic hydroxyl groups is 1. The number of nitrogens with zero attached hydrogens (tertiary/aromatic N) is 1. The molecule has 0 fully saturated rings. The van der Waals surface area contributed by atoms with Crippen LogP contribution in [0, 0.1) is 0 Å². The van der Waals surface area contributed by atoms with Gasteiger partial charge in [-0.3, -0.25) is 0 Å². The summed E-state index contributed by atoms with van der Waals surface area (Å²) in [5.74, 6) is -0.376. The van der Waals surface area contributed by atoms with Gasteiger partial charge in [0.2, 0.25) is 0 Å². The van der Waals surface area contributed by atoms with Gasteiger partial charge in [-0.2, -0.15) is 35.1 Å². The van der Waals surface area contributed by atoms with Gasteiger partial charge in [-0.25, -0.2) is 0 Å². The summed E-state index contributed by atoms with van der Waals surface area (Å²) in [6.45, 7) is 1.82. The highest BCUT2D eigenvalue weighted by Gasteiger charge is 2.61. The number of halogens is 8. The Bertz CT molecular complexity index is 1250. The predicted molar refractivity (Wildman–Crippen MR) is 132 cm³/mol. The van der Waals surface area contributed by atoms with Gasteiger partial charge in [-0.05, 0) is 53.9 Å². The van der Waals surface area contributed by atoms with E-state index in [0.29, 0.717) is 35.4 Å². The standard InChI is InChI=1S/C28H27F8NO3/c1-2-6-23(38)17-37(16-19-7-4-12-25(14-19)40-28(35,36)27(32,33)34)22-10-5-11-24(15-22)39-18-20-8-3-9-21(13-20)26(29,30)31/h3-5,7-15,23,38H,2,6,16-18H2,1H3. The smallest absolute Gasteiger partial charge is 0.489 e. The van der Waals surface area contributed by atoms with E-state index in [9.17, 15) is 40.2 Å². The summed E-state index contributed by atoms with van der Waals surface area (Å²) in [5.41, 5.74) is 0.332. The molecule has 0 heterocycles. The Morgan fingerprint density at radius 3 is 2.12 bits per heavy atom. The van der Waals surface area contributed by atoms with Gasteiger partial charge in [0.25, 0.3) is 0 Å². The number of anilines is 1. The molecular weight excluding hydrogens is 550 g/mol. The average Bonchev–Trinajstić information content (AvgIpc) is 2.86. The molecule has 0 aromatic heterocycles. The van der Waals surface area contributed by atoms with Gasteiger partial charge < -0.3 is 19.5 Å². The molecule has 0 spiro atoms.